The molecule has 0 radical (unpaired) electrons. The Morgan fingerprint density at radius 3 is 3.04 bits per heavy atom. The van der Waals surface area contributed by atoms with Crippen molar-refractivity contribution in [1.82, 2.24) is 4.90 Å². The second-order valence-electron chi connectivity index (χ2n) is 5.57. The highest BCUT2D eigenvalue weighted by Crippen LogP contribution is 2.39. The molecule has 1 aliphatic carbocycles. The summed E-state index contributed by atoms with van der Waals surface area (Å²) < 4.78 is 1.07. The van der Waals surface area contributed by atoms with Gasteiger partial charge in [0.25, 0.3) is 0 Å². The van der Waals surface area contributed by atoms with Gasteiger partial charge in [-0.15, -0.1) is 23.1 Å². The standard InChI is InChI=1S/C17H18N2O2S2/c1-19-8-13-15(10-20)23-17(16(13)14(9-19)18-21)22-11-12-6-4-2-3-5-7-12/h2-6,10,21H,7-9,11H2,1H3/b18-14+. The van der Waals surface area contributed by atoms with E-state index in [9.17, 15) is 10.0 Å². The van der Waals surface area contributed by atoms with E-state index in [1.165, 1.54) is 16.9 Å². The van der Waals surface area contributed by atoms with Crippen molar-refractivity contribution in [3.8, 4) is 0 Å². The van der Waals surface area contributed by atoms with Gasteiger partial charge in [0.05, 0.1) is 9.09 Å². The van der Waals surface area contributed by atoms with Crippen LogP contribution in [0.15, 0.2) is 45.3 Å². The van der Waals surface area contributed by atoms with Gasteiger partial charge in [0.15, 0.2) is 6.29 Å². The number of fused-ring (bicyclic) bond motifs is 1. The van der Waals surface area contributed by atoms with Gasteiger partial charge in [0.1, 0.15) is 5.71 Å². The number of hydrogen-bond donors (Lipinski definition) is 1. The zero-order valence-corrected chi connectivity index (χ0v) is 14.5. The minimum Gasteiger partial charge on any atom is -0.411 e. The van der Waals surface area contributed by atoms with Gasteiger partial charge in [-0.1, -0.05) is 41.1 Å². The van der Waals surface area contributed by atoms with Crippen molar-refractivity contribution >= 4 is 35.1 Å². The second-order valence-corrected chi connectivity index (χ2v) is 7.87. The van der Waals surface area contributed by atoms with Gasteiger partial charge in [-0.2, -0.15) is 0 Å². The quantitative estimate of drug-likeness (QED) is 0.391. The van der Waals surface area contributed by atoms with Crippen molar-refractivity contribution in [3.63, 3.8) is 0 Å². The van der Waals surface area contributed by atoms with Crippen LogP contribution in [0, 0.1) is 0 Å². The first kappa shape index (κ1) is 16.2. The van der Waals surface area contributed by atoms with Crippen LogP contribution in [0.5, 0.6) is 0 Å². The van der Waals surface area contributed by atoms with Gasteiger partial charge in [-0.05, 0) is 19.0 Å². The summed E-state index contributed by atoms with van der Waals surface area (Å²) in [6.07, 6.45) is 12.3. The van der Waals surface area contributed by atoms with E-state index in [2.05, 4.69) is 34.4 Å². The van der Waals surface area contributed by atoms with Gasteiger partial charge < -0.3 is 5.21 Å². The molecule has 0 saturated carbocycles. The first-order chi connectivity index (χ1) is 11.2. The Morgan fingerprint density at radius 1 is 1.39 bits per heavy atom. The normalized spacial score (nSPS) is 19.5. The SMILES string of the molecule is CN1C/C(=N\O)c2c(SCC3=CC=CC=CC3)sc(C=O)c2C1. The summed E-state index contributed by atoms with van der Waals surface area (Å²) in [5, 5.41) is 12.8. The molecule has 4 nitrogen and oxygen atoms in total. The molecule has 0 unspecified atom stereocenters. The van der Waals surface area contributed by atoms with Crippen molar-refractivity contribution in [2.24, 2.45) is 5.16 Å². The number of nitrogens with zero attached hydrogens (tertiary/aromatic N) is 2. The number of hydrogen-bond acceptors (Lipinski definition) is 6. The van der Waals surface area contributed by atoms with Crippen molar-refractivity contribution in [2.75, 3.05) is 19.3 Å². The molecule has 0 fully saturated rings. The van der Waals surface area contributed by atoms with Gasteiger partial charge in [0, 0.05) is 24.4 Å². The lowest BCUT2D eigenvalue weighted by Crippen LogP contribution is -2.32. The average Bonchev–Trinajstić information content (AvgIpc) is 2.73. The zero-order valence-electron chi connectivity index (χ0n) is 12.9. The Morgan fingerprint density at radius 2 is 2.26 bits per heavy atom. The monoisotopic (exact) mass is 346 g/mol. The van der Waals surface area contributed by atoms with E-state index in [0.29, 0.717) is 18.8 Å². The maximum atomic E-state index is 11.4. The molecule has 0 aromatic carbocycles. The number of rotatable bonds is 4. The Bertz CT molecular complexity index is 729. The largest absolute Gasteiger partial charge is 0.411 e. The summed E-state index contributed by atoms with van der Waals surface area (Å²) in [6.45, 7) is 1.31. The van der Waals surface area contributed by atoms with E-state index in [4.69, 9.17) is 0 Å². The second kappa shape index (κ2) is 7.29. The van der Waals surface area contributed by atoms with Gasteiger partial charge >= 0.3 is 0 Å². The lowest BCUT2D eigenvalue weighted by atomic mass is 10.0. The molecular formula is C17H18N2O2S2. The minimum atomic E-state index is 0.597. The van der Waals surface area contributed by atoms with E-state index in [-0.39, 0.29) is 0 Å². The first-order valence-corrected chi connectivity index (χ1v) is 9.18. The molecule has 1 N–H and O–H groups in total. The topological polar surface area (TPSA) is 52.9 Å². The fourth-order valence-electron chi connectivity index (χ4n) is 2.73. The molecule has 1 aliphatic heterocycles. The lowest BCUT2D eigenvalue weighted by Gasteiger charge is -2.24. The van der Waals surface area contributed by atoms with Gasteiger partial charge in [-0.3, -0.25) is 9.69 Å². The van der Waals surface area contributed by atoms with Gasteiger partial charge in [-0.25, -0.2) is 0 Å². The number of likely N-dealkylation sites (N-methyl/N-ethyl adjacent to an activating group) is 1. The molecule has 120 valence electrons. The maximum Gasteiger partial charge on any atom is 0.160 e. The number of allylic oxidation sites excluding steroid dienone is 5. The molecule has 23 heavy (non-hydrogen) atoms. The summed E-state index contributed by atoms with van der Waals surface area (Å²) in [5.41, 5.74) is 3.94. The summed E-state index contributed by atoms with van der Waals surface area (Å²) in [6, 6.07) is 0. The Hall–Kier alpha value is -1.63. The molecule has 1 aromatic heterocycles. The molecule has 0 saturated heterocycles. The summed E-state index contributed by atoms with van der Waals surface area (Å²) in [7, 11) is 1.96. The third kappa shape index (κ3) is 3.49. The molecule has 1 aromatic rings. The molecule has 0 atom stereocenters. The van der Waals surface area contributed by atoms with Crippen molar-refractivity contribution in [3.05, 3.63) is 52.0 Å². The molecule has 0 amide bonds. The van der Waals surface area contributed by atoms with Crippen LogP contribution in [0.25, 0.3) is 0 Å². The van der Waals surface area contributed by atoms with Crippen LogP contribution in [0.3, 0.4) is 0 Å². The number of carbonyl (C=O) groups excluding carboxylic acids is 1. The highest BCUT2D eigenvalue weighted by molar-refractivity contribution is 8.01. The van der Waals surface area contributed by atoms with Crippen LogP contribution >= 0.6 is 23.1 Å². The molecule has 0 bridgehead atoms. The zero-order chi connectivity index (χ0) is 16.2. The minimum absolute atomic E-state index is 0.597. The number of oxime groups is 1. The molecular weight excluding hydrogens is 328 g/mol. The number of aldehydes is 1. The van der Waals surface area contributed by atoms with Crippen LogP contribution in [-0.4, -0.2) is 41.5 Å². The third-order valence-corrected chi connectivity index (χ3v) is 6.37. The Balaban J connectivity index is 1.88. The molecule has 2 heterocycles. The Labute approximate surface area is 143 Å². The van der Waals surface area contributed by atoms with Crippen LogP contribution < -0.4 is 0 Å². The molecule has 3 rings (SSSR count). The molecule has 2 aliphatic rings. The highest BCUT2D eigenvalue weighted by Gasteiger charge is 2.28. The Kier molecular flexibility index (Phi) is 5.15. The van der Waals surface area contributed by atoms with Crippen LogP contribution in [0.1, 0.15) is 27.2 Å². The fourth-order valence-corrected chi connectivity index (χ4v) is 5.21. The van der Waals surface area contributed by atoms with Crippen LogP contribution in [-0.2, 0) is 6.54 Å². The molecule has 6 heteroatoms. The first-order valence-electron chi connectivity index (χ1n) is 7.37. The summed E-state index contributed by atoms with van der Waals surface area (Å²) in [5.74, 6) is 0.870. The summed E-state index contributed by atoms with van der Waals surface area (Å²) in [4.78, 5) is 14.2. The van der Waals surface area contributed by atoms with Crippen molar-refractivity contribution in [2.45, 2.75) is 17.2 Å². The number of carbonyl (C=O) groups is 1. The fraction of sp³-hybridized carbons (Fsp3) is 0.294. The predicted octanol–water partition coefficient (Wildman–Crippen LogP) is 3.72. The average molecular weight is 346 g/mol. The van der Waals surface area contributed by atoms with Crippen molar-refractivity contribution < 1.29 is 10.0 Å². The summed E-state index contributed by atoms with van der Waals surface area (Å²) >= 11 is 3.22. The van der Waals surface area contributed by atoms with E-state index in [1.54, 1.807) is 11.8 Å². The van der Waals surface area contributed by atoms with E-state index >= 15 is 0 Å². The number of thiophene rings is 1. The van der Waals surface area contributed by atoms with Crippen molar-refractivity contribution in [1.29, 1.82) is 0 Å². The lowest BCUT2D eigenvalue weighted by molar-refractivity contribution is 0.112. The number of thioether (sulfide) groups is 1. The predicted molar refractivity (Wildman–Crippen MR) is 96.1 cm³/mol. The maximum absolute atomic E-state index is 11.4. The molecule has 0 spiro atoms. The van der Waals surface area contributed by atoms with E-state index in [0.717, 1.165) is 38.7 Å². The van der Waals surface area contributed by atoms with Crippen LogP contribution in [0.2, 0.25) is 0 Å². The highest BCUT2D eigenvalue weighted by atomic mass is 32.2. The van der Waals surface area contributed by atoms with E-state index < -0.39 is 0 Å². The van der Waals surface area contributed by atoms with Crippen LogP contribution in [0.4, 0.5) is 0 Å². The van der Waals surface area contributed by atoms with Gasteiger partial charge in [0.2, 0.25) is 0 Å². The van der Waals surface area contributed by atoms with E-state index in [1.807, 2.05) is 13.1 Å². The smallest absolute Gasteiger partial charge is 0.160 e. The third-order valence-electron chi connectivity index (χ3n) is 3.83.